The molecule has 0 unspecified atom stereocenters. The molecule has 1 aromatic rings. The van der Waals surface area contributed by atoms with Gasteiger partial charge in [-0.05, 0) is 56.0 Å². The molecule has 0 saturated carbocycles. The third-order valence-corrected chi connectivity index (χ3v) is 4.79. The number of aliphatic hydroxyl groups excluding tert-OH is 1. The van der Waals surface area contributed by atoms with Crippen molar-refractivity contribution in [1.82, 2.24) is 4.90 Å². The molecular weight excluding hydrogens is 318 g/mol. The van der Waals surface area contributed by atoms with E-state index in [1.807, 2.05) is 12.1 Å². The van der Waals surface area contributed by atoms with Crippen molar-refractivity contribution in [3.05, 3.63) is 28.8 Å². The molecule has 1 aromatic carbocycles. The normalized spacial score (nSPS) is 19.3. The van der Waals surface area contributed by atoms with Crippen LogP contribution in [0, 0.1) is 5.41 Å². The zero-order chi connectivity index (χ0) is 17.0. The van der Waals surface area contributed by atoms with E-state index in [2.05, 4.69) is 11.8 Å². The van der Waals surface area contributed by atoms with Gasteiger partial charge in [-0.25, -0.2) is 4.79 Å². The fourth-order valence-electron chi connectivity index (χ4n) is 2.65. The maximum absolute atomic E-state index is 10.8. The van der Waals surface area contributed by atoms with Crippen LogP contribution in [0.4, 0.5) is 0 Å². The Hall–Kier alpha value is -1.30. The minimum absolute atomic E-state index is 0.0405. The summed E-state index contributed by atoms with van der Waals surface area (Å²) in [6.07, 6.45) is 1.03. The van der Waals surface area contributed by atoms with Crippen molar-refractivity contribution in [2.75, 3.05) is 19.7 Å². The summed E-state index contributed by atoms with van der Waals surface area (Å²) in [6.45, 7) is 6.51. The highest BCUT2D eigenvalue weighted by molar-refractivity contribution is 6.32. The van der Waals surface area contributed by atoms with E-state index >= 15 is 0 Å². The Bertz CT molecular complexity index is 556. The number of benzene rings is 1. The molecule has 1 fully saturated rings. The van der Waals surface area contributed by atoms with E-state index < -0.39 is 12.1 Å². The van der Waals surface area contributed by atoms with Crippen LogP contribution in [0.2, 0.25) is 5.02 Å². The van der Waals surface area contributed by atoms with Crippen LogP contribution in [0.25, 0.3) is 0 Å². The Morgan fingerprint density at radius 1 is 1.43 bits per heavy atom. The molecule has 2 N–H and O–H groups in total. The SMILES string of the molecule is C[C@H](Oc1ccc(CN2CCC(C)(CO)CC2)cc1Cl)C(=O)O. The van der Waals surface area contributed by atoms with Gasteiger partial charge < -0.3 is 14.9 Å². The number of aliphatic hydroxyl groups is 1. The summed E-state index contributed by atoms with van der Waals surface area (Å²) in [5, 5.41) is 18.7. The zero-order valence-corrected chi connectivity index (χ0v) is 14.3. The number of carbonyl (C=O) groups is 1. The van der Waals surface area contributed by atoms with Gasteiger partial charge in [0.05, 0.1) is 5.02 Å². The molecule has 0 radical (unpaired) electrons. The van der Waals surface area contributed by atoms with Crippen molar-refractivity contribution >= 4 is 17.6 Å². The van der Waals surface area contributed by atoms with Crippen molar-refractivity contribution in [1.29, 1.82) is 0 Å². The third kappa shape index (κ3) is 4.83. The number of nitrogens with zero attached hydrogens (tertiary/aromatic N) is 1. The number of piperidine rings is 1. The van der Waals surface area contributed by atoms with E-state index in [4.69, 9.17) is 21.4 Å². The van der Waals surface area contributed by atoms with Crippen LogP contribution < -0.4 is 4.74 Å². The summed E-state index contributed by atoms with van der Waals surface area (Å²) >= 11 is 6.19. The van der Waals surface area contributed by atoms with E-state index in [1.54, 1.807) is 6.07 Å². The molecule has 5 nitrogen and oxygen atoms in total. The lowest BCUT2D eigenvalue weighted by atomic mass is 9.81. The van der Waals surface area contributed by atoms with Crippen LogP contribution in [-0.2, 0) is 11.3 Å². The van der Waals surface area contributed by atoms with Gasteiger partial charge in [0, 0.05) is 13.2 Å². The van der Waals surface area contributed by atoms with Crippen LogP contribution in [0.15, 0.2) is 18.2 Å². The Labute approximate surface area is 141 Å². The minimum Gasteiger partial charge on any atom is -0.479 e. The van der Waals surface area contributed by atoms with Crippen molar-refractivity contribution < 1.29 is 19.7 Å². The maximum atomic E-state index is 10.8. The van der Waals surface area contributed by atoms with Gasteiger partial charge >= 0.3 is 5.97 Å². The second-order valence-corrected chi connectivity index (χ2v) is 7.02. The number of carboxylic acids is 1. The van der Waals surface area contributed by atoms with Crippen LogP contribution in [0.3, 0.4) is 0 Å². The molecule has 1 heterocycles. The van der Waals surface area contributed by atoms with Crippen LogP contribution in [-0.4, -0.2) is 46.9 Å². The lowest BCUT2D eigenvalue weighted by Gasteiger charge is -2.38. The molecule has 0 aliphatic carbocycles. The lowest BCUT2D eigenvalue weighted by molar-refractivity contribution is -0.144. The predicted molar refractivity (Wildman–Crippen MR) is 88.9 cm³/mol. The van der Waals surface area contributed by atoms with E-state index in [1.165, 1.54) is 6.92 Å². The van der Waals surface area contributed by atoms with Crippen molar-refractivity contribution in [2.45, 2.75) is 39.3 Å². The Morgan fingerprint density at radius 2 is 2.09 bits per heavy atom. The average molecular weight is 342 g/mol. The summed E-state index contributed by atoms with van der Waals surface area (Å²) in [7, 11) is 0. The number of aliphatic carboxylic acids is 1. The minimum atomic E-state index is -1.02. The number of hydrogen-bond acceptors (Lipinski definition) is 4. The summed E-state index contributed by atoms with van der Waals surface area (Å²) in [4.78, 5) is 13.2. The first-order valence-electron chi connectivity index (χ1n) is 7.84. The van der Waals surface area contributed by atoms with Gasteiger partial charge in [0.25, 0.3) is 0 Å². The van der Waals surface area contributed by atoms with E-state index in [0.29, 0.717) is 10.8 Å². The number of carboxylic acid groups (broad SMARTS) is 1. The van der Waals surface area contributed by atoms with Gasteiger partial charge in [0.1, 0.15) is 5.75 Å². The number of likely N-dealkylation sites (tertiary alicyclic amines) is 1. The fourth-order valence-corrected chi connectivity index (χ4v) is 2.89. The monoisotopic (exact) mass is 341 g/mol. The molecule has 128 valence electrons. The molecule has 1 aliphatic rings. The fraction of sp³-hybridized carbons (Fsp3) is 0.588. The molecule has 0 amide bonds. The largest absolute Gasteiger partial charge is 0.479 e. The van der Waals surface area contributed by atoms with Gasteiger partial charge in [-0.1, -0.05) is 24.6 Å². The second-order valence-electron chi connectivity index (χ2n) is 6.61. The highest BCUT2D eigenvalue weighted by Crippen LogP contribution is 2.32. The topological polar surface area (TPSA) is 70.0 Å². The van der Waals surface area contributed by atoms with Gasteiger partial charge in [0.15, 0.2) is 6.10 Å². The standard InChI is InChI=1S/C17H24ClNO4/c1-12(16(21)22)23-15-4-3-13(9-14(15)18)10-19-7-5-17(2,11-20)6-8-19/h3-4,9,12,20H,5-8,10-11H2,1-2H3,(H,21,22)/t12-/m0/s1. The number of ether oxygens (including phenoxy) is 1. The second kappa shape index (κ2) is 7.51. The van der Waals surface area contributed by atoms with Crippen molar-refractivity contribution in [3.63, 3.8) is 0 Å². The quantitative estimate of drug-likeness (QED) is 0.832. The Morgan fingerprint density at radius 3 is 2.61 bits per heavy atom. The van der Waals surface area contributed by atoms with Gasteiger partial charge in [-0.15, -0.1) is 0 Å². The van der Waals surface area contributed by atoms with Crippen molar-refractivity contribution in [2.24, 2.45) is 5.41 Å². The molecule has 6 heteroatoms. The first-order chi connectivity index (χ1) is 10.8. The molecular formula is C17H24ClNO4. The van der Waals surface area contributed by atoms with E-state index in [0.717, 1.165) is 38.0 Å². The summed E-state index contributed by atoms with van der Waals surface area (Å²) in [5.74, 6) is -0.637. The van der Waals surface area contributed by atoms with Gasteiger partial charge in [-0.2, -0.15) is 0 Å². The smallest absolute Gasteiger partial charge is 0.344 e. The molecule has 2 rings (SSSR count). The first-order valence-corrected chi connectivity index (χ1v) is 8.22. The molecule has 0 aromatic heterocycles. The van der Waals surface area contributed by atoms with Crippen molar-refractivity contribution in [3.8, 4) is 5.75 Å². The summed E-state index contributed by atoms with van der Waals surface area (Å²) in [5.41, 5.74) is 1.11. The van der Waals surface area contributed by atoms with Gasteiger partial charge in [0.2, 0.25) is 0 Å². The van der Waals surface area contributed by atoms with Crippen LogP contribution >= 0.6 is 11.6 Å². The first kappa shape index (κ1) is 18.0. The molecule has 1 atom stereocenters. The number of rotatable bonds is 6. The van der Waals surface area contributed by atoms with E-state index in [-0.39, 0.29) is 12.0 Å². The van der Waals surface area contributed by atoms with Crippen LogP contribution in [0.1, 0.15) is 32.3 Å². The molecule has 1 saturated heterocycles. The lowest BCUT2D eigenvalue weighted by Crippen LogP contribution is -2.39. The number of halogens is 1. The third-order valence-electron chi connectivity index (χ3n) is 4.50. The number of hydrogen-bond donors (Lipinski definition) is 2. The molecule has 23 heavy (non-hydrogen) atoms. The van der Waals surface area contributed by atoms with E-state index in [9.17, 15) is 9.90 Å². The Kier molecular flexibility index (Phi) is 5.89. The Balaban J connectivity index is 1.95. The average Bonchev–Trinajstić information content (AvgIpc) is 2.52. The highest BCUT2D eigenvalue weighted by Gasteiger charge is 2.29. The van der Waals surface area contributed by atoms with Gasteiger partial charge in [-0.3, -0.25) is 4.90 Å². The predicted octanol–water partition coefficient (Wildman–Crippen LogP) is 2.79. The molecule has 0 spiro atoms. The summed E-state index contributed by atoms with van der Waals surface area (Å²) in [6, 6.07) is 5.46. The van der Waals surface area contributed by atoms with Crippen LogP contribution in [0.5, 0.6) is 5.75 Å². The summed E-state index contributed by atoms with van der Waals surface area (Å²) < 4.78 is 5.32. The highest BCUT2D eigenvalue weighted by atomic mass is 35.5. The zero-order valence-electron chi connectivity index (χ0n) is 13.6. The molecule has 1 aliphatic heterocycles. The maximum Gasteiger partial charge on any atom is 0.344 e. The molecule has 0 bridgehead atoms.